The van der Waals surface area contributed by atoms with E-state index in [1.807, 2.05) is 24.7 Å². The molecule has 2 aliphatic heterocycles. The van der Waals surface area contributed by atoms with Gasteiger partial charge in [-0.25, -0.2) is 0 Å². The number of nitrogens with one attached hydrogen (secondary N) is 1. The van der Waals surface area contributed by atoms with Crippen LogP contribution in [0.5, 0.6) is 0 Å². The Morgan fingerprint density at radius 2 is 2.14 bits per heavy atom. The molecule has 1 amide bonds. The summed E-state index contributed by atoms with van der Waals surface area (Å²) in [5.41, 5.74) is 2.06. The number of nitrogens with zero attached hydrogens (tertiary/aromatic N) is 3. The number of carbonyl (C=O) groups is 1. The van der Waals surface area contributed by atoms with E-state index >= 15 is 0 Å². The van der Waals surface area contributed by atoms with Crippen molar-refractivity contribution in [2.75, 3.05) is 13.1 Å². The molecule has 2 atom stereocenters. The molecule has 0 spiro atoms. The Hall–Kier alpha value is -1.36. The molecule has 1 aromatic heterocycles. The van der Waals surface area contributed by atoms with E-state index in [2.05, 4.69) is 15.3 Å². The van der Waals surface area contributed by atoms with Gasteiger partial charge in [-0.15, -0.1) is 0 Å². The van der Waals surface area contributed by atoms with Crippen molar-refractivity contribution < 1.29 is 4.79 Å². The molecule has 5 heteroatoms. The van der Waals surface area contributed by atoms with E-state index in [9.17, 15) is 4.79 Å². The zero-order chi connectivity index (χ0) is 14.8. The van der Waals surface area contributed by atoms with Crippen LogP contribution in [0.4, 0.5) is 0 Å². The predicted octanol–water partition coefficient (Wildman–Crippen LogP) is 1.61. The van der Waals surface area contributed by atoms with Crippen LogP contribution in [0.25, 0.3) is 0 Å². The van der Waals surface area contributed by atoms with E-state index in [0.29, 0.717) is 12.6 Å². The maximum atomic E-state index is 12.6. The van der Waals surface area contributed by atoms with Crippen LogP contribution in [0.3, 0.4) is 0 Å². The minimum atomic E-state index is 0.174. The summed E-state index contributed by atoms with van der Waals surface area (Å²) in [4.78, 5) is 15.1. The third kappa shape index (κ3) is 3.12. The second-order valence-electron chi connectivity index (χ2n) is 6.47. The molecule has 1 N–H and O–H groups in total. The summed E-state index contributed by atoms with van der Waals surface area (Å²) < 4.78 is 1.85. The molecule has 3 rings (SSSR count). The average molecular weight is 290 g/mol. The van der Waals surface area contributed by atoms with E-state index in [1.54, 1.807) is 0 Å². The Morgan fingerprint density at radius 1 is 1.33 bits per heavy atom. The van der Waals surface area contributed by atoms with Crippen molar-refractivity contribution in [3.05, 3.63) is 17.5 Å². The lowest BCUT2D eigenvalue weighted by Gasteiger charge is -2.43. The van der Waals surface area contributed by atoms with Crippen LogP contribution in [-0.4, -0.2) is 39.7 Å². The molecule has 0 bridgehead atoms. The third-order valence-corrected chi connectivity index (χ3v) is 4.97. The summed E-state index contributed by atoms with van der Waals surface area (Å²) in [6.07, 6.45) is 5.94. The lowest BCUT2D eigenvalue weighted by molar-refractivity contribution is -0.129. The number of aryl methyl sites for hydroxylation is 2. The molecular formula is C16H26N4O. The number of fused-ring (bicyclic) bond motifs is 1. The van der Waals surface area contributed by atoms with Crippen molar-refractivity contribution in [2.24, 2.45) is 13.0 Å². The summed E-state index contributed by atoms with van der Waals surface area (Å²) in [7, 11) is 1.93. The van der Waals surface area contributed by atoms with Crippen molar-refractivity contribution in [1.29, 1.82) is 0 Å². The second-order valence-corrected chi connectivity index (χ2v) is 6.47. The smallest absolute Gasteiger partial charge is 0.225 e. The van der Waals surface area contributed by atoms with Gasteiger partial charge in [0.25, 0.3) is 0 Å². The van der Waals surface area contributed by atoms with Gasteiger partial charge in [0.1, 0.15) is 0 Å². The molecule has 0 radical (unpaired) electrons. The van der Waals surface area contributed by atoms with Gasteiger partial charge in [-0.2, -0.15) is 5.10 Å². The molecule has 5 nitrogen and oxygen atoms in total. The van der Waals surface area contributed by atoms with E-state index in [-0.39, 0.29) is 11.8 Å². The van der Waals surface area contributed by atoms with Gasteiger partial charge in [-0.05, 0) is 51.8 Å². The van der Waals surface area contributed by atoms with E-state index in [4.69, 9.17) is 0 Å². The summed E-state index contributed by atoms with van der Waals surface area (Å²) in [5, 5.41) is 7.45. The van der Waals surface area contributed by atoms with Gasteiger partial charge in [0.05, 0.1) is 23.9 Å². The van der Waals surface area contributed by atoms with Crippen LogP contribution in [0.2, 0.25) is 0 Å². The summed E-state index contributed by atoms with van der Waals surface area (Å²) in [6.45, 7) is 4.91. The fourth-order valence-electron chi connectivity index (χ4n) is 3.90. The number of hydrogen-bond acceptors (Lipinski definition) is 3. The molecule has 0 saturated carbocycles. The molecule has 2 aliphatic rings. The topological polar surface area (TPSA) is 50.2 Å². The summed E-state index contributed by atoms with van der Waals surface area (Å²) in [6, 6.07) is 2.51. The Labute approximate surface area is 126 Å². The fourth-order valence-corrected chi connectivity index (χ4v) is 3.90. The molecule has 2 saturated heterocycles. The molecule has 3 heterocycles. The van der Waals surface area contributed by atoms with E-state index in [1.165, 1.54) is 32.4 Å². The zero-order valence-corrected chi connectivity index (χ0v) is 13.1. The molecule has 0 aliphatic carbocycles. The molecular weight excluding hydrogens is 264 g/mol. The molecule has 0 unspecified atom stereocenters. The van der Waals surface area contributed by atoms with Crippen LogP contribution in [0.15, 0.2) is 6.07 Å². The van der Waals surface area contributed by atoms with Crippen LogP contribution in [0, 0.1) is 12.8 Å². The minimum Gasteiger partial charge on any atom is -0.350 e. The Bertz CT molecular complexity index is 508. The molecule has 2 fully saturated rings. The van der Waals surface area contributed by atoms with Gasteiger partial charge in [0.15, 0.2) is 0 Å². The maximum absolute atomic E-state index is 12.6. The number of aromatic nitrogens is 2. The highest BCUT2D eigenvalue weighted by molar-refractivity contribution is 5.79. The standard InChI is InChI=1S/C16H26N4O/c1-12-10-13(19(2)18-12)11-17-16(21)14-6-5-9-20-8-4-3-7-15(14)20/h10,14-15H,3-9,11H2,1-2H3,(H,17,21)/t14-,15-/m1/s1. The summed E-state index contributed by atoms with van der Waals surface area (Å²) in [5.74, 6) is 0.402. The first-order valence-electron chi connectivity index (χ1n) is 8.16. The van der Waals surface area contributed by atoms with Gasteiger partial charge >= 0.3 is 0 Å². The largest absolute Gasteiger partial charge is 0.350 e. The number of amides is 1. The van der Waals surface area contributed by atoms with Gasteiger partial charge in [0.2, 0.25) is 5.91 Å². The number of piperidine rings is 2. The van der Waals surface area contributed by atoms with Gasteiger partial charge in [-0.1, -0.05) is 6.42 Å². The van der Waals surface area contributed by atoms with Crippen LogP contribution in [0.1, 0.15) is 43.5 Å². The molecule has 116 valence electrons. The van der Waals surface area contributed by atoms with Gasteiger partial charge in [-0.3, -0.25) is 14.4 Å². The van der Waals surface area contributed by atoms with Crippen molar-refractivity contribution >= 4 is 5.91 Å². The molecule has 1 aromatic rings. The summed E-state index contributed by atoms with van der Waals surface area (Å²) >= 11 is 0. The third-order valence-electron chi connectivity index (χ3n) is 4.97. The first kappa shape index (κ1) is 14.6. The SMILES string of the molecule is Cc1cc(CNC(=O)[C@@H]2CCCN3CCCC[C@H]23)n(C)n1. The average Bonchev–Trinajstić information content (AvgIpc) is 2.82. The van der Waals surface area contributed by atoms with Crippen LogP contribution < -0.4 is 5.32 Å². The Kier molecular flexibility index (Phi) is 4.29. The maximum Gasteiger partial charge on any atom is 0.225 e. The van der Waals surface area contributed by atoms with E-state index < -0.39 is 0 Å². The molecule has 21 heavy (non-hydrogen) atoms. The fraction of sp³-hybridized carbons (Fsp3) is 0.750. The molecule has 0 aromatic carbocycles. The monoisotopic (exact) mass is 290 g/mol. The number of hydrogen-bond donors (Lipinski definition) is 1. The minimum absolute atomic E-state index is 0.174. The van der Waals surface area contributed by atoms with Gasteiger partial charge in [0, 0.05) is 13.1 Å². The lowest BCUT2D eigenvalue weighted by atomic mass is 9.83. The van der Waals surface area contributed by atoms with Crippen LogP contribution in [-0.2, 0) is 18.4 Å². The predicted molar refractivity (Wildman–Crippen MR) is 81.7 cm³/mol. The quantitative estimate of drug-likeness (QED) is 0.920. The highest BCUT2D eigenvalue weighted by Gasteiger charge is 2.36. The lowest BCUT2D eigenvalue weighted by Crippen LogP contribution is -2.52. The first-order valence-corrected chi connectivity index (χ1v) is 8.16. The van der Waals surface area contributed by atoms with Crippen molar-refractivity contribution in [1.82, 2.24) is 20.0 Å². The highest BCUT2D eigenvalue weighted by atomic mass is 16.1. The first-order chi connectivity index (χ1) is 10.1. The van der Waals surface area contributed by atoms with Crippen molar-refractivity contribution in [3.8, 4) is 0 Å². The Balaban J connectivity index is 1.60. The van der Waals surface area contributed by atoms with E-state index in [0.717, 1.165) is 24.2 Å². The van der Waals surface area contributed by atoms with Crippen molar-refractivity contribution in [2.45, 2.75) is 51.6 Å². The van der Waals surface area contributed by atoms with Crippen LogP contribution >= 0.6 is 0 Å². The second kappa shape index (κ2) is 6.18. The zero-order valence-electron chi connectivity index (χ0n) is 13.1. The van der Waals surface area contributed by atoms with Gasteiger partial charge < -0.3 is 5.32 Å². The highest BCUT2D eigenvalue weighted by Crippen LogP contribution is 2.30. The Morgan fingerprint density at radius 3 is 2.90 bits per heavy atom. The number of rotatable bonds is 3. The normalized spacial score (nSPS) is 26.4. The van der Waals surface area contributed by atoms with Crippen molar-refractivity contribution in [3.63, 3.8) is 0 Å². The number of carbonyl (C=O) groups excluding carboxylic acids is 1.